The Morgan fingerprint density at radius 2 is 1.84 bits per heavy atom. The number of anilines is 1. The van der Waals surface area contributed by atoms with Crippen LogP contribution in [0.5, 0.6) is 5.75 Å². The molecule has 0 saturated heterocycles. The zero-order chi connectivity index (χ0) is 27.3. The van der Waals surface area contributed by atoms with Gasteiger partial charge in [0, 0.05) is 16.6 Å². The smallest absolute Gasteiger partial charge is 0.319 e. The molecule has 37 heavy (non-hydrogen) atoms. The van der Waals surface area contributed by atoms with Crippen molar-refractivity contribution in [2.45, 2.75) is 19.8 Å². The number of benzene rings is 2. The fourth-order valence-corrected chi connectivity index (χ4v) is 5.37. The fraction of sp³-hybridized carbons (Fsp3) is 0.280. The van der Waals surface area contributed by atoms with Gasteiger partial charge in [0.15, 0.2) is 5.75 Å². The number of nitrogens with zero attached hydrogens (tertiary/aromatic N) is 1. The highest BCUT2D eigenvalue weighted by Crippen LogP contribution is 2.44. The summed E-state index contributed by atoms with van der Waals surface area (Å²) >= 11 is 19.8. The second kappa shape index (κ2) is 12.6. The third-order valence-electron chi connectivity index (χ3n) is 5.46. The Hall–Kier alpha value is -2.90. The van der Waals surface area contributed by atoms with E-state index in [0.29, 0.717) is 22.9 Å². The van der Waals surface area contributed by atoms with E-state index < -0.39 is 23.7 Å². The van der Waals surface area contributed by atoms with Crippen molar-refractivity contribution >= 4 is 70.0 Å². The van der Waals surface area contributed by atoms with E-state index in [1.165, 1.54) is 12.1 Å². The Labute approximate surface area is 233 Å². The van der Waals surface area contributed by atoms with Crippen LogP contribution < -0.4 is 15.4 Å². The third-order valence-corrected chi connectivity index (χ3v) is 7.44. The van der Waals surface area contributed by atoms with Crippen LogP contribution in [0, 0.1) is 24.2 Å². The predicted octanol–water partition coefficient (Wildman–Crippen LogP) is 5.46. The van der Waals surface area contributed by atoms with Gasteiger partial charge in [-0.05, 0) is 49.2 Å². The number of halogens is 3. The van der Waals surface area contributed by atoms with Crippen LogP contribution in [-0.2, 0) is 19.1 Å². The number of methoxy groups -OCH3 is 1. The Morgan fingerprint density at radius 3 is 2.41 bits per heavy atom. The van der Waals surface area contributed by atoms with Gasteiger partial charge in [0.2, 0.25) is 11.8 Å². The van der Waals surface area contributed by atoms with Crippen molar-refractivity contribution in [1.29, 1.82) is 5.26 Å². The van der Waals surface area contributed by atoms with Crippen molar-refractivity contribution in [3.05, 3.63) is 67.1 Å². The van der Waals surface area contributed by atoms with Crippen molar-refractivity contribution in [2.24, 2.45) is 5.92 Å². The normalized spacial score (nSPS) is 17.1. The van der Waals surface area contributed by atoms with E-state index in [0.717, 1.165) is 24.4 Å². The minimum atomic E-state index is -1.38. The molecular weight excluding hydrogens is 561 g/mol. The molecule has 1 heterocycles. The molecule has 0 spiro atoms. The van der Waals surface area contributed by atoms with Gasteiger partial charge < -0.3 is 20.1 Å². The predicted molar refractivity (Wildman–Crippen MR) is 144 cm³/mol. The van der Waals surface area contributed by atoms with Crippen molar-refractivity contribution in [3.63, 3.8) is 0 Å². The van der Waals surface area contributed by atoms with Crippen molar-refractivity contribution in [2.75, 3.05) is 24.8 Å². The lowest BCUT2D eigenvalue weighted by Gasteiger charge is -2.31. The maximum atomic E-state index is 13.0. The van der Waals surface area contributed by atoms with E-state index in [4.69, 9.17) is 44.3 Å². The summed E-state index contributed by atoms with van der Waals surface area (Å²) in [7, 11) is 1.15. The zero-order valence-electron chi connectivity index (χ0n) is 20.0. The van der Waals surface area contributed by atoms with Crippen LogP contribution >= 0.6 is 46.6 Å². The molecule has 1 aliphatic heterocycles. The minimum Gasteiger partial charge on any atom is -0.491 e. The van der Waals surface area contributed by atoms with Crippen LogP contribution in [0.4, 0.5) is 5.69 Å². The lowest BCUT2D eigenvalue weighted by Crippen LogP contribution is -2.44. The average molecular weight is 583 g/mol. The number of hydrogen-bond acceptors (Lipinski definition) is 7. The highest BCUT2D eigenvalue weighted by molar-refractivity contribution is 8.03. The summed E-state index contributed by atoms with van der Waals surface area (Å²) in [5.74, 6) is -4.24. The van der Waals surface area contributed by atoms with E-state index in [9.17, 15) is 19.6 Å². The molecule has 0 radical (unpaired) electrons. The summed E-state index contributed by atoms with van der Waals surface area (Å²) in [6.07, 6.45) is 0. The number of ether oxygens (including phenoxy) is 2. The van der Waals surface area contributed by atoms with Crippen molar-refractivity contribution in [3.8, 4) is 11.8 Å². The molecule has 1 aliphatic rings. The summed E-state index contributed by atoms with van der Waals surface area (Å²) in [6.45, 7) is 3.92. The van der Waals surface area contributed by atoms with Gasteiger partial charge in [0.25, 0.3) is 0 Å². The molecule has 0 saturated carbocycles. The first-order chi connectivity index (χ1) is 17.6. The van der Waals surface area contributed by atoms with E-state index in [1.807, 2.05) is 6.92 Å². The number of allylic oxidation sites excluding steroid dienone is 1. The summed E-state index contributed by atoms with van der Waals surface area (Å²) in [5, 5.41) is 16.3. The van der Waals surface area contributed by atoms with Crippen molar-refractivity contribution < 1.29 is 23.9 Å². The van der Waals surface area contributed by atoms with E-state index in [2.05, 4.69) is 16.7 Å². The Bertz CT molecular complexity index is 1300. The number of aryl methyl sites for hydroxylation is 1. The first-order valence-electron chi connectivity index (χ1n) is 10.9. The zero-order valence-corrected chi connectivity index (χ0v) is 23.1. The van der Waals surface area contributed by atoms with Gasteiger partial charge in [0.05, 0.1) is 46.2 Å². The second-order valence-electron chi connectivity index (χ2n) is 7.87. The lowest BCUT2D eigenvalue weighted by molar-refractivity contribution is -0.150. The molecule has 2 N–H and O–H groups in total. The molecule has 8 nitrogen and oxygen atoms in total. The number of rotatable bonds is 8. The molecule has 0 bridgehead atoms. The molecule has 2 atom stereocenters. The molecular formula is C25H22Cl3N3O5S. The van der Waals surface area contributed by atoms with Gasteiger partial charge in [-0.1, -0.05) is 52.6 Å². The largest absolute Gasteiger partial charge is 0.491 e. The molecule has 12 heteroatoms. The summed E-state index contributed by atoms with van der Waals surface area (Å²) in [6, 6.07) is 10.2. The molecule has 194 valence electrons. The summed E-state index contributed by atoms with van der Waals surface area (Å²) < 4.78 is 10.3. The highest BCUT2D eigenvalue weighted by Gasteiger charge is 2.44. The van der Waals surface area contributed by atoms with E-state index in [-0.39, 0.29) is 38.1 Å². The molecule has 0 unspecified atom stereocenters. The maximum Gasteiger partial charge on any atom is 0.319 e. The monoisotopic (exact) mass is 581 g/mol. The maximum absolute atomic E-state index is 13.0. The molecule has 2 aromatic rings. The molecule has 2 aromatic carbocycles. The van der Waals surface area contributed by atoms with Crippen LogP contribution in [0.3, 0.4) is 0 Å². The highest BCUT2D eigenvalue weighted by atomic mass is 35.5. The Balaban J connectivity index is 1.96. The number of carbonyl (C=O) groups is 3. The summed E-state index contributed by atoms with van der Waals surface area (Å²) in [4.78, 5) is 38.2. The number of nitriles is 1. The van der Waals surface area contributed by atoms with E-state index in [1.54, 1.807) is 25.1 Å². The van der Waals surface area contributed by atoms with E-state index >= 15 is 0 Å². The van der Waals surface area contributed by atoms with Crippen LogP contribution in [0.2, 0.25) is 15.1 Å². The minimum absolute atomic E-state index is 0.0578. The molecule has 3 rings (SSSR count). The second-order valence-corrected chi connectivity index (χ2v) is 10.1. The van der Waals surface area contributed by atoms with Crippen LogP contribution in [-0.4, -0.2) is 37.3 Å². The SMILES string of the molecule is CCOc1c(Cl)cc([C@H]2C(C#N)=C(SCC(=O)Nc3ccc(C)c(Cl)c3)NC(=O)[C@@H]2C(=O)OC)cc1Cl. The third kappa shape index (κ3) is 6.51. The number of thioether (sulfide) groups is 1. The van der Waals surface area contributed by atoms with Crippen LogP contribution in [0.1, 0.15) is 24.0 Å². The lowest BCUT2D eigenvalue weighted by atomic mass is 9.78. The fourth-order valence-electron chi connectivity index (χ4n) is 3.73. The van der Waals surface area contributed by atoms with Gasteiger partial charge in [-0.15, -0.1) is 0 Å². The van der Waals surface area contributed by atoms with Gasteiger partial charge in [0.1, 0.15) is 5.92 Å². The topological polar surface area (TPSA) is 118 Å². The molecule has 0 aliphatic carbocycles. The molecule has 2 amide bonds. The van der Waals surface area contributed by atoms with Crippen molar-refractivity contribution in [1.82, 2.24) is 5.32 Å². The first-order valence-corrected chi connectivity index (χ1v) is 13.1. The number of amides is 2. The Morgan fingerprint density at radius 1 is 1.16 bits per heavy atom. The number of carbonyl (C=O) groups excluding carboxylic acids is 3. The number of hydrogen-bond donors (Lipinski definition) is 2. The average Bonchev–Trinajstić information content (AvgIpc) is 2.86. The standard InChI is InChI=1S/C25H22Cl3N3O5S/c1-4-36-22-17(27)7-13(8-18(22)28)20-15(10-29)24(31-23(33)21(20)25(34)35-3)37-11-19(32)30-14-6-5-12(2)16(26)9-14/h5-9,20-21H,4,11H2,1-3H3,(H,30,32)(H,31,33)/t20-,21+/m0/s1. The summed E-state index contributed by atoms with van der Waals surface area (Å²) in [5.41, 5.74) is 1.77. The number of esters is 1. The van der Waals surface area contributed by atoms with Gasteiger partial charge in [-0.2, -0.15) is 5.26 Å². The molecule has 0 fully saturated rings. The molecule has 0 aromatic heterocycles. The van der Waals surface area contributed by atoms with Gasteiger partial charge in [-0.25, -0.2) is 0 Å². The van der Waals surface area contributed by atoms with Gasteiger partial charge >= 0.3 is 5.97 Å². The Kier molecular flexibility index (Phi) is 9.74. The van der Waals surface area contributed by atoms with Crippen LogP contribution in [0.15, 0.2) is 40.9 Å². The van der Waals surface area contributed by atoms with Crippen LogP contribution in [0.25, 0.3) is 0 Å². The quantitative estimate of drug-likeness (QED) is 0.313. The number of nitrogens with one attached hydrogen (secondary N) is 2. The first kappa shape index (κ1) is 28.7. The van der Waals surface area contributed by atoms with Gasteiger partial charge in [-0.3, -0.25) is 14.4 Å².